The highest BCUT2D eigenvalue weighted by Crippen LogP contribution is 2.22. The first-order chi connectivity index (χ1) is 10.3. The third kappa shape index (κ3) is 4.25. The highest BCUT2D eigenvalue weighted by Gasteiger charge is 2.24. The van der Waals surface area contributed by atoms with E-state index < -0.39 is 23.7 Å². The molecule has 0 bridgehead atoms. The molecule has 2 rings (SSSR count). The summed E-state index contributed by atoms with van der Waals surface area (Å²) in [4.78, 5) is 19.9. The minimum atomic E-state index is -0.942. The lowest BCUT2D eigenvalue weighted by molar-refractivity contribution is -0.156. The molecule has 0 spiro atoms. The van der Waals surface area contributed by atoms with E-state index in [9.17, 15) is 9.90 Å². The Morgan fingerprint density at radius 2 is 2.18 bits per heavy atom. The zero-order valence-corrected chi connectivity index (χ0v) is 12.9. The zero-order valence-electron chi connectivity index (χ0n) is 12.9. The van der Waals surface area contributed by atoms with Crippen molar-refractivity contribution in [3.8, 4) is 0 Å². The lowest BCUT2D eigenvalue weighted by Crippen LogP contribution is -2.37. The standard InChI is InChI=1S/C15H21N3O4/c1-15(2,3)22-14(20)9(16)6-7-10(19)13-18-12-11(21-13)5-4-8-17-12/h4-5,8-10,19H,6-7,16H2,1-3H3. The van der Waals surface area contributed by atoms with Crippen LogP contribution >= 0.6 is 0 Å². The minimum absolute atomic E-state index is 0.171. The second-order valence-corrected chi connectivity index (χ2v) is 6.11. The molecule has 3 N–H and O–H groups in total. The number of rotatable bonds is 5. The molecule has 2 aromatic heterocycles. The third-order valence-corrected chi connectivity index (χ3v) is 2.93. The quantitative estimate of drug-likeness (QED) is 0.808. The number of carbonyl (C=O) groups is 1. The Morgan fingerprint density at radius 3 is 2.82 bits per heavy atom. The van der Waals surface area contributed by atoms with E-state index >= 15 is 0 Å². The lowest BCUT2D eigenvalue weighted by Gasteiger charge is -2.22. The average Bonchev–Trinajstić information content (AvgIpc) is 2.86. The Kier molecular flexibility index (Phi) is 4.77. The van der Waals surface area contributed by atoms with Crippen LogP contribution in [0.15, 0.2) is 22.7 Å². The minimum Gasteiger partial charge on any atom is -0.459 e. The van der Waals surface area contributed by atoms with Crippen molar-refractivity contribution in [3.63, 3.8) is 0 Å². The van der Waals surface area contributed by atoms with Crippen LogP contribution in [0.3, 0.4) is 0 Å². The van der Waals surface area contributed by atoms with Gasteiger partial charge in [-0.3, -0.25) is 4.79 Å². The third-order valence-electron chi connectivity index (χ3n) is 2.93. The van der Waals surface area contributed by atoms with Gasteiger partial charge in [0.05, 0.1) is 0 Å². The number of aliphatic hydroxyl groups excluding tert-OH is 1. The van der Waals surface area contributed by atoms with E-state index in [1.54, 1.807) is 39.1 Å². The lowest BCUT2D eigenvalue weighted by atomic mass is 10.1. The summed E-state index contributed by atoms with van der Waals surface area (Å²) in [6.45, 7) is 5.33. The molecule has 22 heavy (non-hydrogen) atoms. The van der Waals surface area contributed by atoms with Gasteiger partial charge in [-0.15, -0.1) is 0 Å². The van der Waals surface area contributed by atoms with Crippen LogP contribution in [0.2, 0.25) is 0 Å². The van der Waals surface area contributed by atoms with Gasteiger partial charge in [0.2, 0.25) is 5.89 Å². The van der Waals surface area contributed by atoms with Crippen LogP contribution in [-0.2, 0) is 9.53 Å². The number of ether oxygens (including phenoxy) is 1. The largest absolute Gasteiger partial charge is 0.459 e. The van der Waals surface area contributed by atoms with Gasteiger partial charge in [-0.2, -0.15) is 4.98 Å². The Bertz CT molecular complexity index is 615. The van der Waals surface area contributed by atoms with Gasteiger partial charge < -0.3 is 20.0 Å². The molecule has 0 fully saturated rings. The molecule has 0 aliphatic rings. The molecule has 0 aliphatic carbocycles. The van der Waals surface area contributed by atoms with Crippen LogP contribution in [0.4, 0.5) is 0 Å². The average molecular weight is 307 g/mol. The van der Waals surface area contributed by atoms with Gasteiger partial charge >= 0.3 is 5.97 Å². The van der Waals surface area contributed by atoms with Crippen LogP contribution in [0.1, 0.15) is 45.6 Å². The highest BCUT2D eigenvalue weighted by molar-refractivity contribution is 5.75. The number of carbonyl (C=O) groups excluding carboxylic acids is 1. The second kappa shape index (κ2) is 6.41. The SMILES string of the molecule is CC(C)(C)OC(=O)C(N)CCC(O)c1nc2ncccc2o1. The van der Waals surface area contributed by atoms with Crippen molar-refractivity contribution in [2.75, 3.05) is 0 Å². The van der Waals surface area contributed by atoms with Crippen LogP contribution in [0.5, 0.6) is 0 Å². The Morgan fingerprint density at radius 1 is 1.45 bits per heavy atom. The van der Waals surface area contributed by atoms with E-state index in [1.807, 2.05) is 0 Å². The number of pyridine rings is 1. The first kappa shape index (κ1) is 16.4. The number of aromatic nitrogens is 2. The molecule has 0 saturated carbocycles. The molecule has 0 amide bonds. The van der Waals surface area contributed by atoms with Crippen molar-refractivity contribution < 1.29 is 19.1 Å². The number of hydrogen-bond acceptors (Lipinski definition) is 7. The molecule has 0 aromatic carbocycles. The maximum absolute atomic E-state index is 11.8. The van der Waals surface area contributed by atoms with Crippen molar-refractivity contribution in [1.29, 1.82) is 0 Å². The number of hydrogen-bond donors (Lipinski definition) is 2. The molecule has 120 valence electrons. The van der Waals surface area contributed by atoms with Crippen LogP contribution in [0, 0.1) is 0 Å². The normalized spacial score (nSPS) is 14.8. The van der Waals surface area contributed by atoms with E-state index in [-0.39, 0.29) is 18.7 Å². The van der Waals surface area contributed by atoms with Crippen molar-refractivity contribution in [3.05, 3.63) is 24.2 Å². The topological polar surface area (TPSA) is 111 Å². The summed E-state index contributed by atoms with van der Waals surface area (Å²) in [6, 6.07) is 2.65. The first-order valence-electron chi connectivity index (χ1n) is 7.14. The number of fused-ring (bicyclic) bond motifs is 1. The molecular weight excluding hydrogens is 286 g/mol. The van der Waals surface area contributed by atoms with Crippen molar-refractivity contribution in [2.45, 2.75) is 51.4 Å². The summed E-state index contributed by atoms with van der Waals surface area (Å²) < 4.78 is 10.6. The predicted octanol–water partition coefficient (Wildman–Crippen LogP) is 1.71. The summed E-state index contributed by atoms with van der Waals surface area (Å²) in [5.74, 6) is -0.316. The van der Waals surface area contributed by atoms with E-state index in [0.717, 1.165) is 0 Å². The maximum atomic E-state index is 11.8. The van der Waals surface area contributed by atoms with Gasteiger partial charge in [-0.05, 0) is 45.7 Å². The summed E-state index contributed by atoms with van der Waals surface area (Å²) >= 11 is 0. The Balaban J connectivity index is 1.92. The highest BCUT2D eigenvalue weighted by atomic mass is 16.6. The van der Waals surface area contributed by atoms with Gasteiger partial charge in [0, 0.05) is 6.20 Å². The monoisotopic (exact) mass is 307 g/mol. The predicted molar refractivity (Wildman–Crippen MR) is 79.8 cm³/mol. The molecule has 0 saturated heterocycles. The first-order valence-corrected chi connectivity index (χ1v) is 7.14. The van der Waals surface area contributed by atoms with E-state index in [2.05, 4.69) is 9.97 Å². The molecule has 7 nitrogen and oxygen atoms in total. The van der Waals surface area contributed by atoms with Crippen LogP contribution in [0.25, 0.3) is 11.2 Å². The summed E-state index contributed by atoms with van der Waals surface area (Å²) in [5, 5.41) is 10.1. The fourth-order valence-electron chi connectivity index (χ4n) is 1.88. The molecular formula is C15H21N3O4. The van der Waals surface area contributed by atoms with Gasteiger partial charge in [0.25, 0.3) is 0 Å². The molecule has 2 unspecified atom stereocenters. The van der Waals surface area contributed by atoms with Crippen LogP contribution in [-0.4, -0.2) is 32.7 Å². The van der Waals surface area contributed by atoms with E-state index in [1.165, 1.54) is 0 Å². The smallest absolute Gasteiger partial charge is 0.323 e. The number of aliphatic hydroxyl groups is 1. The van der Waals surface area contributed by atoms with Gasteiger partial charge in [-0.1, -0.05) is 0 Å². The summed E-state index contributed by atoms with van der Waals surface area (Å²) in [6.07, 6.45) is 1.16. The zero-order chi connectivity index (χ0) is 16.3. The van der Waals surface area contributed by atoms with Gasteiger partial charge in [0.15, 0.2) is 11.2 Å². The molecule has 0 aliphatic heterocycles. The molecule has 7 heteroatoms. The number of nitrogens with zero attached hydrogens (tertiary/aromatic N) is 2. The number of nitrogens with two attached hydrogens (primary N) is 1. The fraction of sp³-hybridized carbons (Fsp3) is 0.533. The fourth-order valence-corrected chi connectivity index (χ4v) is 1.88. The van der Waals surface area contributed by atoms with Gasteiger partial charge in [-0.25, -0.2) is 4.98 Å². The number of esters is 1. The van der Waals surface area contributed by atoms with E-state index in [4.69, 9.17) is 14.9 Å². The molecule has 2 atom stereocenters. The summed E-state index contributed by atoms with van der Waals surface area (Å²) in [7, 11) is 0. The number of oxazole rings is 1. The van der Waals surface area contributed by atoms with Crippen LogP contribution < -0.4 is 5.73 Å². The maximum Gasteiger partial charge on any atom is 0.323 e. The van der Waals surface area contributed by atoms with Crippen molar-refractivity contribution in [2.24, 2.45) is 5.73 Å². The molecule has 0 radical (unpaired) electrons. The van der Waals surface area contributed by atoms with Crippen molar-refractivity contribution in [1.82, 2.24) is 9.97 Å². The molecule has 2 aromatic rings. The molecule has 2 heterocycles. The van der Waals surface area contributed by atoms with E-state index in [0.29, 0.717) is 11.2 Å². The van der Waals surface area contributed by atoms with Crippen molar-refractivity contribution >= 4 is 17.2 Å². The Hall–Kier alpha value is -1.99. The van der Waals surface area contributed by atoms with Gasteiger partial charge in [0.1, 0.15) is 17.7 Å². The second-order valence-electron chi connectivity index (χ2n) is 6.11. The Labute approximate surface area is 128 Å². The summed E-state index contributed by atoms with van der Waals surface area (Å²) in [5.41, 5.74) is 6.14.